The third kappa shape index (κ3) is 1.08. The molecule has 15 heavy (non-hydrogen) atoms. The van der Waals surface area contributed by atoms with Gasteiger partial charge in [-0.3, -0.25) is 14.5 Å². The Balaban J connectivity index is 2.11. The Morgan fingerprint density at radius 3 is 2.93 bits per heavy atom. The number of rotatable bonds is 0. The van der Waals surface area contributed by atoms with E-state index >= 15 is 0 Å². The summed E-state index contributed by atoms with van der Waals surface area (Å²) in [5, 5.41) is 2.61. The fraction of sp³-hybridized carbons (Fsp3) is 0.273. The maximum atomic E-state index is 11.7. The van der Waals surface area contributed by atoms with Gasteiger partial charge in [-0.25, -0.2) is 0 Å². The van der Waals surface area contributed by atoms with Crippen LogP contribution in [0.4, 0.5) is 5.69 Å². The zero-order valence-electron chi connectivity index (χ0n) is 8.06. The average Bonchev–Trinajstić information content (AvgIpc) is 2.64. The quantitative estimate of drug-likeness (QED) is 0.647. The molecule has 4 heteroatoms. The topological polar surface area (TPSA) is 49.4 Å². The lowest BCUT2D eigenvalue weighted by Crippen LogP contribution is -2.57. The predicted octanol–water partition coefficient (Wildman–Crippen LogP) is 0.0741. The van der Waals surface area contributed by atoms with Crippen molar-refractivity contribution in [3.8, 4) is 0 Å². The van der Waals surface area contributed by atoms with Crippen molar-refractivity contribution >= 4 is 17.5 Å². The van der Waals surface area contributed by atoms with E-state index in [0.717, 1.165) is 11.3 Å². The molecule has 2 heterocycles. The van der Waals surface area contributed by atoms with Crippen LogP contribution in [0, 0.1) is 0 Å². The van der Waals surface area contributed by atoms with E-state index in [1.54, 1.807) is 4.90 Å². The van der Waals surface area contributed by atoms with Crippen LogP contribution in [0.1, 0.15) is 5.56 Å². The lowest BCUT2D eigenvalue weighted by atomic mass is 10.1. The number of carbonyl (C=O) groups is 2. The van der Waals surface area contributed by atoms with Crippen molar-refractivity contribution in [3.05, 3.63) is 29.8 Å². The van der Waals surface area contributed by atoms with Gasteiger partial charge in [-0.15, -0.1) is 0 Å². The van der Waals surface area contributed by atoms with Gasteiger partial charge in [-0.1, -0.05) is 18.2 Å². The number of anilines is 1. The fourth-order valence-electron chi connectivity index (χ4n) is 2.27. The van der Waals surface area contributed by atoms with Gasteiger partial charge in [0.25, 0.3) is 0 Å². The van der Waals surface area contributed by atoms with Crippen molar-refractivity contribution < 1.29 is 9.59 Å². The average molecular weight is 202 g/mol. The molecule has 0 saturated carbocycles. The van der Waals surface area contributed by atoms with Crippen molar-refractivity contribution in [2.45, 2.75) is 12.5 Å². The standard InChI is InChI=1S/C11H10N2O2/c14-10-6-12-11(15)9-5-7-3-1-2-4-8(7)13(9)10/h1-4,9H,5-6H2,(H,12,15). The first-order valence-electron chi connectivity index (χ1n) is 4.95. The normalized spacial score (nSPS) is 23.5. The summed E-state index contributed by atoms with van der Waals surface area (Å²) in [6.07, 6.45) is 0.633. The van der Waals surface area contributed by atoms with Crippen LogP contribution < -0.4 is 10.2 Å². The molecule has 1 fully saturated rings. The van der Waals surface area contributed by atoms with E-state index in [4.69, 9.17) is 0 Å². The van der Waals surface area contributed by atoms with Gasteiger partial charge in [0.05, 0.1) is 6.54 Å². The number of nitrogens with one attached hydrogen (secondary N) is 1. The second-order valence-corrected chi connectivity index (χ2v) is 3.83. The number of benzene rings is 1. The second kappa shape index (κ2) is 2.82. The summed E-state index contributed by atoms with van der Waals surface area (Å²) < 4.78 is 0. The van der Waals surface area contributed by atoms with E-state index in [-0.39, 0.29) is 24.4 Å². The molecule has 3 rings (SSSR count). The number of carbonyl (C=O) groups excluding carboxylic acids is 2. The summed E-state index contributed by atoms with van der Waals surface area (Å²) >= 11 is 0. The first-order chi connectivity index (χ1) is 7.27. The Morgan fingerprint density at radius 2 is 2.07 bits per heavy atom. The van der Waals surface area contributed by atoms with Crippen molar-refractivity contribution in [2.75, 3.05) is 11.4 Å². The molecule has 1 atom stereocenters. The molecule has 1 unspecified atom stereocenters. The Morgan fingerprint density at radius 1 is 1.27 bits per heavy atom. The van der Waals surface area contributed by atoms with Gasteiger partial charge in [0.2, 0.25) is 11.8 Å². The van der Waals surface area contributed by atoms with Gasteiger partial charge >= 0.3 is 0 Å². The number of amides is 2. The number of para-hydroxylation sites is 1. The molecular formula is C11H10N2O2. The smallest absolute Gasteiger partial charge is 0.247 e. The van der Waals surface area contributed by atoms with Crippen LogP contribution in [0.5, 0.6) is 0 Å². The van der Waals surface area contributed by atoms with E-state index < -0.39 is 0 Å². The minimum Gasteiger partial charge on any atom is -0.345 e. The molecule has 0 aliphatic carbocycles. The highest BCUT2D eigenvalue weighted by Crippen LogP contribution is 2.33. The van der Waals surface area contributed by atoms with E-state index in [2.05, 4.69) is 5.32 Å². The minimum absolute atomic E-state index is 0.0236. The zero-order chi connectivity index (χ0) is 10.4. The Bertz CT molecular complexity index is 456. The molecule has 1 saturated heterocycles. The summed E-state index contributed by atoms with van der Waals surface area (Å²) in [5.74, 6) is -0.0737. The predicted molar refractivity (Wildman–Crippen MR) is 54.4 cm³/mol. The zero-order valence-corrected chi connectivity index (χ0v) is 8.06. The van der Waals surface area contributed by atoms with Gasteiger partial charge in [-0.05, 0) is 11.6 Å². The molecule has 0 radical (unpaired) electrons. The highest BCUT2D eigenvalue weighted by atomic mass is 16.2. The van der Waals surface area contributed by atoms with Gasteiger partial charge in [0, 0.05) is 12.1 Å². The molecule has 1 N–H and O–H groups in total. The maximum Gasteiger partial charge on any atom is 0.247 e. The van der Waals surface area contributed by atoms with Gasteiger partial charge in [0.15, 0.2) is 0 Å². The summed E-state index contributed by atoms with van der Waals surface area (Å²) in [6, 6.07) is 7.35. The second-order valence-electron chi connectivity index (χ2n) is 3.83. The van der Waals surface area contributed by atoms with E-state index in [1.807, 2.05) is 24.3 Å². The molecule has 0 bridgehead atoms. The first kappa shape index (κ1) is 8.47. The van der Waals surface area contributed by atoms with Crippen LogP contribution in [0.2, 0.25) is 0 Å². The van der Waals surface area contributed by atoms with Gasteiger partial charge in [0.1, 0.15) is 6.04 Å². The summed E-state index contributed by atoms with van der Waals surface area (Å²) in [5.41, 5.74) is 1.97. The van der Waals surface area contributed by atoms with Crippen LogP contribution in [0.25, 0.3) is 0 Å². The molecule has 2 amide bonds. The lowest BCUT2D eigenvalue weighted by molar-refractivity contribution is -0.130. The van der Waals surface area contributed by atoms with E-state index in [9.17, 15) is 9.59 Å². The lowest BCUT2D eigenvalue weighted by Gasteiger charge is -2.29. The highest BCUT2D eigenvalue weighted by Gasteiger charge is 2.41. The molecule has 1 aromatic rings. The van der Waals surface area contributed by atoms with Crippen molar-refractivity contribution in [2.24, 2.45) is 0 Å². The summed E-state index contributed by atoms with van der Waals surface area (Å²) in [6.45, 7) is 0.115. The van der Waals surface area contributed by atoms with E-state index in [1.165, 1.54) is 0 Å². The molecule has 0 aromatic heterocycles. The largest absolute Gasteiger partial charge is 0.345 e. The molecule has 76 valence electrons. The number of hydrogen-bond acceptors (Lipinski definition) is 2. The Kier molecular flexibility index (Phi) is 1.59. The first-order valence-corrected chi connectivity index (χ1v) is 4.95. The van der Waals surface area contributed by atoms with Crippen LogP contribution in [-0.2, 0) is 16.0 Å². The SMILES string of the molecule is O=C1NCC(=O)N2c3ccccc3CC12. The molecule has 0 spiro atoms. The van der Waals surface area contributed by atoms with Crippen LogP contribution in [-0.4, -0.2) is 24.4 Å². The third-order valence-electron chi connectivity index (χ3n) is 2.96. The fourth-order valence-corrected chi connectivity index (χ4v) is 2.27. The van der Waals surface area contributed by atoms with Gasteiger partial charge in [-0.2, -0.15) is 0 Å². The van der Waals surface area contributed by atoms with Gasteiger partial charge < -0.3 is 5.32 Å². The molecule has 4 nitrogen and oxygen atoms in total. The molecular weight excluding hydrogens is 192 g/mol. The molecule has 1 aromatic carbocycles. The summed E-state index contributed by atoms with van der Waals surface area (Å²) in [4.78, 5) is 24.9. The Labute approximate surface area is 86.9 Å². The van der Waals surface area contributed by atoms with E-state index in [0.29, 0.717) is 6.42 Å². The number of fused-ring (bicyclic) bond motifs is 3. The molecule has 2 aliphatic rings. The monoisotopic (exact) mass is 202 g/mol. The van der Waals surface area contributed by atoms with Crippen molar-refractivity contribution in [1.82, 2.24) is 5.32 Å². The number of hydrogen-bond donors (Lipinski definition) is 1. The van der Waals surface area contributed by atoms with Crippen molar-refractivity contribution in [1.29, 1.82) is 0 Å². The van der Waals surface area contributed by atoms with Crippen LogP contribution >= 0.6 is 0 Å². The number of piperazine rings is 1. The van der Waals surface area contributed by atoms with Crippen LogP contribution in [0.15, 0.2) is 24.3 Å². The summed E-state index contributed by atoms with van der Waals surface area (Å²) in [7, 11) is 0. The third-order valence-corrected chi connectivity index (χ3v) is 2.96. The van der Waals surface area contributed by atoms with Crippen LogP contribution in [0.3, 0.4) is 0 Å². The Hall–Kier alpha value is -1.84. The minimum atomic E-state index is -0.330. The maximum absolute atomic E-state index is 11.7. The highest BCUT2D eigenvalue weighted by molar-refractivity contribution is 6.08. The van der Waals surface area contributed by atoms with Crippen molar-refractivity contribution in [3.63, 3.8) is 0 Å². The molecule has 2 aliphatic heterocycles. The number of nitrogens with zero attached hydrogens (tertiary/aromatic N) is 1.